The fourth-order valence-corrected chi connectivity index (χ4v) is 4.75. The second-order valence-corrected chi connectivity index (χ2v) is 7.90. The maximum Gasteiger partial charge on any atom is 0.282 e. The first-order chi connectivity index (χ1) is 15.7. The zero-order valence-electron chi connectivity index (χ0n) is 18.9. The van der Waals surface area contributed by atoms with Gasteiger partial charge in [-0.3, -0.25) is 5.32 Å². The third kappa shape index (κ3) is 3.12. The summed E-state index contributed by atoms with van der Waals surface area (Å²) >= 11 is 0. The van der Waals surface area contributed by atoms with Gasteiger partial charge in [-0.05, 0) is 40.8 Å². The zero-order valence-corrected chi connectivity index (χ0v) is 18.9. The highest BCUT2D eigenvalue weighted by molar-refractivity contribution is 5.95. The van der Waals surface area contributed by atoms with Gasteiger partial charge < -0.3 is 14.2 Å². The van der Waals surface area contributed by atoms with E-state index in [2.05, 4.69) is 52.3 Å². The molecule has 0 unspecified atom stereocenters. The van der Waals surface area contributed by atoms with Crippen molar-refractivity contribution >= 4 is 16.6 Å². The molecular formula is C27H27N2O3+. The van der Waals surface area contributed by atoms with Crippen LogP contribution in [0.1, 0.15) is 5.56 Å². The third-order valence-corrected chi connectivity index (χ3v) is 6.29. The van der Waals surface area contributed by atoms with Crippen molar-refractivity contribution in [2.45, 2.75) is 13.0 Å². The van der Waals surface area contributed by atoms with Crippen molar-refractivity contribution in [3.63, 3.8) is 0 Å². The number of anilines is 1. The monoisotopic (exact) mass is 427 g/mol. The Morgan fingerprint density at radius 1 is 0.781 bits per heavy atom. The first-order valence-corrected chi connectivity index (χ1v) is 10.8. The van der Waals surface area contributed by atoms with Crippen LogP contribution in [-0.4, -0.2) is 28.4 Å². The second-order valence-electron chi connectivity index (χ2n) is 7.90. The van der Waals surface area contributed by atoms with Crippen LogP contribution in [0.5, 0.6) is 17.2 Å². The number of benzene rings is 3. The minimum atomic E-state index is 0.725. The minimum absolute atomic E-state index is 0.725. The topological polar surface area (TPSA) is 43.6 Å². The summed E-state index contributed by atoms with van der Waals surface area (Å²) in [5.41, 5.74) is 5.94. The van der Waals surface area contributed by atoms with Crippen LogP contribution in [-0.2, 0) is 13.0 Å². The van der Waals surface area contributed by atoms with E-state index >= 15 is 0 Å². The number of rotatable bonds is 5. The summed E-state index contributed by atoms with van der Waals surface area (Å²) in [5, 5.41) is 5.63. The normalized spacial score (nSPS) is 12.1. The van der Waals surface area contributed by atoms with Crippen LogP contribution in [0, 0.1) is 0 Å². The number of aromatic nitrogens is 1. The van der Waals surface area contributed by atoms with Crippen molar-refractivity contribution in [2.24, 2.45) is 0 Å². The van der Waals surface area contributed by atoms with Gasteiger partial charge in [-0.15, -0.1) is 0 Å². The predicted molar refractivity (Wildman–Crippen MR) is 128 cm³/mol. The largest absolute Gasteiger partial charge is 0.496 e. The number of nitrogens with zero attached hydrogens (tertiary/aromatic N) is 1. The summed E-state index contributed by atoms with van der Waals surface area (Å²) in [6.07, 6.45) is 0.936. The van der Waals surface area contributed by atoms with Crippen molar-refractivity contribution in [2.75, 3.05) is 33.7 Å². The number of methoxy groups -OCH3 is 3. The molecule has 0 amide bonds. The molecular weight excluding hydrogens is 400 g/mol. The van der Waals surface area contributed by atoms with Crippen LogP contribution in [0.25, 0.3) is 33.2 Å². The number of hydrogen-bond donors (Lipinski definition) is 1. The van der Waals surface area contributed by atoms with Crippen molar-refractivity contribution < 1.29 is 18.8 Å². The molecule has 32 heavy (non-hydrogen) atoms. The number of pyridine rings is 1. The lowest BCUT2D eigenvalue weighted by atomic mass is 9.91. The summed E-state index contributed by atoms with van der Waals surface area (Å²) in [5.74, 6) is 3.43. The van der Waals surface area contributed by atoms with Gasteiger partial charge in [0.15, 0.2) is 11.5 Å². The summed E-state index contributed by atoms with van der Waals surface area (Å²) in [7, 11) is 7.05. The molecule has 2 heterocycles. The van der Waals surface area contributed by atoms with E-state index in [1.54, 1.807) is 21.3 Å². The Morgan fingerprint density at radius 3 is 2.19 bits per heavy atom. The molecule has 5 heteroatoms. The second kappa shape index (κ2) is 8.08. The maximum atomic E-state index is 5.78. The Morgan fingerprint density at radius 2 is 1.50 bits per heavy atom. The minimum Gasteiger partial charge on any atom is -0.496 e. The molecule has 4 aromatic rings. The number of fused-ring (bicyclic) bond motifs is 4. The van der Waals surface area contributed by atoms with Gasteiger partial charge in [0.25, 0.3) is 5.82 Å². The Hall–Kier alpha value is -3.73. The lowest BCUT2D eigenvalue weighted by Crippen LogP contribution is -2.43. The highest BCUT2D eigenvalue weighted by Crippen LogP contribution is 2.41. The summed E-state index contributed by atoms with van der Waals surface area (Å²) < 4.78 is 19.3. The predicted octanol–water partition coefficient (Wildman–Crippen LogP) is 5.08. The molecule has 162 valence electrons. The first kappa shape index (κ1) is 20.2. The van der Waals surface area contributed by atoms with Gasteiger partial charge in [0.2, 0.25) is 0 Å². The van der Waals surface area contributed by atoms with Gasteiger partial charge in [0, 0.05) is 23.6 Å². The maximum absolute atomic E-state index is 5.78. The standard InChI is InChI=1S/C27H26N2O3/c1-28-27-22-16-26(32-4)25(31-3)14-19(22)12-23-20-15-21(17-8-6-5-7-9-17)24(30-2)13-18(20)10-11-29(23)27/h5-9,12-16H,10-11H2,1-4H3/p+1. The number of ether oxygens (including phenoxy) is 3. The number of nitrogens with one attached hydrogen (secondary N) is 1. The van der Waals surface area contributed by atoms with E-state index in [0.29, 0.717) is 0 Å². The van der Waals surface area contributed by atoms with Crippen LogP contribution in [0.15, 0.2) is 60.7 Å². The lowest BCUT2D eigenvalue weighted by molar-refractivity contribution is -0.672. The van der Waals surface area contributed by atoms with E-state index < -0.39 is 0 Å². The molecule has 0 radical (unpaired) electrons. The average molecular weight is 428 g/mol. The van der Waals surface area contributed by atoms with E-state index in [4.69, 9.17) is 14.2 Å². The van der Waals surface area contributed by atoms with Crippen LogP contribution in [0.3, 0.4) is 0 Å². The molecule has 1 aliphatic rings. The van der Waals surface area contributed by atoms with Gasteiger partial charge in [0.05, 0.1) is 40.3 Å². The van der Waals surface area contributed by atoms with Gasteiger partial charge in [-0.25, -0.2) is 4.57 Å². The van der Waals surface area contributed by atoms with E-state index in [9.17, 15) is 0 Å². The molecule has 1 aliphatic heterocycles. The van der Waals surface area contributed by atoms with Gasteiger partial charge >= 0.3 is 0 Å². The molecule has 0 fully saturated rings. The molecule has 0 atom stereocenters. The fraction of sp³-hybridized carbons (Fsp3) is 0.222. The Labute approximate surface area is 188 Å². The molecule has 1 N–H and O–H groups in total. The van der Waals surface area contributed by atoms with Crippen molar-refractivity contribution in [3.8, 4) is 39.6 Å². The van der Waals surface area contributed by atoms with Crippen LogP contribution < -0.4 is 24.1 Å². The molecule has 0 aliphatic carbocycles. The third-order valence-electron chi connectivity index (χ3n) is 6.29. The highest BCUT2D eigenvalue weighted by atomic mass is 16.5. The van der Waals surface area contributed by atoms with Gasteiger partial charge in [0.1, 0.15) is 11.4 Å². The van der Waals surface area contributed by atoms with Crippen molar-refractivity contribution in [1.29, 1.82) is 0 Å². The molecule has 5 nitrogen and oxygen atoms in total. The van der Waals surface area contributed by atoms with E-state index in [1.165, 1.54) is 16.8 Å². The van der Waals surface area contributed by atoms with Gasteiger partial charge in [-0.2, -0.15) is 0 Å². The highest BCUT2D eigenvalue weighted by Gasteiger charge is 2.27. The van der Waals surface area contributed by atoms with Crippen molar-refractivity contribution in [3.05, 3.63) is 66.2 Å². The number of hydrogen-bond acceptors (Lipinski definition) is 4. The van der Waals surface area contributed by atoms with Crippen molar-refractivity contribution in [1.82, 2.24) is 0 Å². The van der Waals surface area contributed by atoms with E-state index in [0.717, 1.165) is 57.9 Å². The summed E-state index contributed by atoms with van der Waals surface area (Å²) in [6.45, 7) is 0.886. The molecule has 1 aromatic heterocycles. The molecule has 0 saturated heterocycles. The smallest absolute Gasteiger partial charge is 0.282 e. The Balaban J connectivity index is 1.79. The SMILES string of the molecule is CNc1c2cc(OC)c(OC)cc2cc2[n+]1CCc1cc(OC)c(-c3ccccc3)cc1-2. The molecule has 3 aromatic carbocycles. The first-order valence-electron chi connectivity index (χ1n) is 10.8. The molecule has 0 bridgehead atoms. The Bertz CT molecular complexity index is 1320. The number of aryl methyl sites for hydroxylation is 1. The van der Waals surface area contributed by atoms with Gasteiger partial charge in [-0.1, -0.05) is 30.3 Å². The average Bonchev–Trinajstić information content (AvgIpc) is 2.85. The lowest BCUT2D eigenvalue weighted by Gasteiger charge is -2.23. The zero-order chi connectivity index (χ0) is 22.2. The summed E-state index contributed by atoms with van der Waals surface area (Å²) in [4.78, 5) is 0. The van der Waals surface area contributed by atoms with E-state index in [1.807, 2.05) is 25.2 Å². The Kier molecular flexibility index (Phi) is 5.10. The van der Waals surface area contributed by atoms with Crippen LogP contribution >= 0.6 is 0 Å². The molecule has 5 rings (SSSR count). The molecule has 0 spiro atoms. The summed E-state index contributed by atoms with van der Waals surface area (Å²) in [6, 6.07) is 21.2. The van der Waals surface area contributed by atoms with E-state index in [-0.39, 0.29) is 0 Å². The quantitative estimate of drug-likeness (QED) is 0.451. The van der Waals surface area contributed by atoms with Crippen LogP contribution in [0.2, 0.25) is 0 Å². The van der Waals surface area contributed by atoms with Crippen LogP contribution in [0.4, 0.5) is 5.82 Å². The molecule has 0 saturated carbocycles. The fourth-order valence-electron chi connectivity index (χ4n) is 4.75.